The van der Waals surface area contributed by atoms with Gasteiger partial charge in [-0.1, -0.05) is 6.92 Å². The number of ether oxygens (including phenoxy) is 2. The van der Waals surface area contributed by atoms with E-state index in [4.69, 9.17) is 9.47 Å². The lowest BCUT2D eigenvalue weighted by Gasteiger charge is -2.42. The molecule has 1 rings (SSSR count). The van der Waals surface area contributed by atoms with Crippen LogP contribution in [0.5, 0.6) is 0 Å². The van der Waals surface area contributed by atoms with Gasteiger partial charge >= 0.3 is 0 Å². The third kappa shape index (κ3) is 8.68. The van der Waals surface area contributed by atoms with Crippen LogP contribution in [-0.2, 0) is 9.47 Å². The predicted molar refractivity (Wildman–Crippen MR) is 113 cm³/mol. The third-order valence-corrected chi connectivity index (χ3v) is 5.52. The second-order valence-corrected chi connectivity index (χ2v) is 7.85. The summed E-state index contributed by atoms with van der Waals surface area (Å²) in [7, 11) is 1.87. The molecule has 1 fully saturated rings. The molecular weight excluding hydrogens is 430 g/mol. The van der Waals surface area contributed by atoms with Gasteiger partial charge in [0.1, 0.15) is 42.7 Å². The van der Waals surface area contributed by atoms with E-state index >= 15 is 0 Å². The van der Waals surface area contributed by atoms with Gasteiger partial charge in [0.25, 0.3) is 0 Å². The van der Waals surface area contributed by atoms with Crippen LogP contribution in [0.25, 0.3) is 0 Å². The minimum atomic E-state index is -1.76. The highest BCUT2D eigenvalue weighted by Crippen LogP contribution is 2.24. The molecule has 1 aliphatic rings. The summed E-state index contributed by atoms with van der Waals surface area (Å²) in [5, 5.41) is 85.4. The molecule has 1 unspecified atom stereocenters. The Morgan fingerprint density at radius 2 is 1.62 bits per heavy atom. The van der Waals surface area contributed by atoms with E-state index in [1.54, 1.807) is 0 Å². The predicted octanol–water partition coefficient (Wildman–Crippen LogP) is -5.62. The van der Waals surface area contributed by atoms with E-state index in [1.807, 2.05) is 14.0 Å². The summed E-state index contributed by atoms with van der Waals surface area (Å²) in [5.41, 5.74) is 0. The zero-order valence-corrected chi connectivity index (χ0v) is 18.7. The first-order valence-corrected chi connectivity index (χ1v) is 10.9. The third-order valence-electron chi connectivity index (χ3n) is 5.52. The average molecular weight is 472 g/mol. The molecule has 0 bridgehead atoms. The highest BCUT2D eigenvalue weighted by Gasteiger charge is 2.46. The molecule has 0 spiro atoms. The van der Waals surface area contributed by atoms with Crippen molar-refractivity contribution < 1.29 is 50.3 Å². The van der Waals surface area contributed by atoms with Gasteiger partial charge in [-0.2, -0.15) is 0 Å². The van der Waals surface area contributed by atoms with Crippen molar-refractivity contribution in [2.75, 3.05) is 59.5 Å². The standard InChI is InChI=1S/C19H41N3O10/c1-3-22(6-4-20-2)7-5-21-8-11(25)14(27)18(12(26)9-23)32-19-17(30)16(29)15(28)13(10-24)31-19/h11-21,23-30H,3-10H2,1-2H3/t11-,12+,13+,14+,15?,16-,17+,18+,19-/m0/s1. The quantitative estimate of drug-likeness (QED) is 0.0954. The fraction of sp³-hybridized carbons (Fsp3) is 1.00. The largest absolute Gasteiger partial charge is 0.394 e. The van der Waals surface area contributed by atoms with E-state index < -0.39 is 68.3 Å². The minimum Gasteiger partial charge on any atom is -0.394 e. The number of hydrogen-bond donors (Lipinski definition) is 10. The molecular formula is C19H41N3O10. The first kappa shape index (κ1) is 29.5. The Morgan fingerprint density at radius 1 is 0.969 bits per heavy atom. The van der Waals surface area contributed by atoms with Crippen LogP contribution < -0.4 is 10.6 Å². The topological polar surface area (TPSA) is 208 Å². The van der Waals surface area contributed by atoms with E-state index in [2.05, 4.69) is 15.5 Å². The Kier molecular flexibility index (Phi) is 14.2. The zero-order chi connectivity index (χ0) is 24.3. The number of nitrogens with one attached hydrogen (secondary N) is 2. The smallest absolute Gasteiger partial charge is 0.187 e. The minimum absolute atomic E-state index is 0.0442. The molecule has 1 aliphatic heterocycles. The fourth-order valence-corrected chi connectivity index (χ4v) is 3.36. The van der Waals surface area contributed by atoms with Crippen molar-refractivity contribution in [1.82, 2.24) is 15.5 Å². The molecule has 9 atom stereocenters. The van der Waals surface area contributed by atoms with Crippen LogP contribution in [0.2, 0.25) is 0 Å². The van der Waals surface area contributed by atoms with Crippen molar-refractivity contribution in [2.45, 2.75) is 62.0 Å². The van der Waals surface area contributed by atoms with Gasteiger partial charge in [0.05, 0.1) is 19.3 Å². The van der Waals surface area contributed by atoms with Gasteiger partial charge in [-0.25, -0.2) is 0 Å². The highest BCUT2D eigenvalue weighted by molar-refractivity contribution is 4.91. The molecule has 192 valence electrons. The fourth-order valence-electron chi connectivity index (χ4n) is 3.36. The van der Waals surface area contributed by atoms with Crippen LogP contribution in [0.15, 0.2) is 0 Å². The van der Waals surface area contributed by atoms with Crippen molar-refractivity contribution in [1.29, 1.82) is 0 Å². The van der Waals surface area contributed by atoms with Gasteiger partial charge in [-0.05, 0) is 13.6 Å². The molecule has 0 amide bonds. The van der Waals surface area contributed by atoms with Gasteiger partial charge in [0.2, 0.25) is 0 Å². The van der Waals surface area contributed by atoms with Gasteiger partial charge in [0, 0.05) is 32.7 Å². The Balaban J connectivity index is 2.66. The van der Waals surface area contributed by atoms with E-state index in [1.165, 1.54) is 0 Å². The number of hydrogen-bond acceptors (Lipinski definition) is 13. The van der Waals surface area contributed by atoms with Crippen molar-refractivity contribution in [3.63, 3.8) is 0 Å². The van der Waals surface area contributed by atoms with Crippen molar-refractivity contribution >= 4 is 0 Å². The van der Waals surface area contributed by atoms with Crippen molar-refractivity contribution in [3.05, 3.63) is 0 Å². The maximum atomic E-state index is 10.5. The molecule has 13 heteroatoms. The van der Waals surface area contributed by atoms with Crippen molar-refractivity contribution in [2.24, 2.45) is 0 Å². The average Bonchev–Trinajstić information content (AvgIpc) is 2.80. The zero-order valence-electron chi connectivity index (χ0n) is 18.7. The summed E-state index contributed by atoms with van der Waals surface area (Å²) in [6.07, 6.45) is -14.3. The van der Waals surface area contributed by atoms with E-state index in [0.29, 0.717) is 13.1 Å². The lowest BCUT2D eigenvalue weighted by molar-refractivity contribution is -0.327. The van der Waals surface area contributed by atoms with Gasteiger partial charge in [-0.3, -0.25) is 0 Å². The molecule has 1 heterocycles. The first-order chi connectivity index (χ1) is 15.2. The summed E-state index contributed by atoms with van der Waals surface area (Å²) < 4.78 is 10.6. The Morgan fingerprint density at radius 3 is 2.19 bits per heavy atom. The Labute approximate surface area is 188 Å². The molecule has 0 saturated carbocycles. The molecule has 0 aromatic rings. The second-order valence-electron chi connectivity index (χ2n) is 7.85. The summed E-state index contributed by atoms with van der Waals surface area (Å²) in [5.74, 6) is 0. The normalized spacial score (nSPS) is 30.3. The van der Waals surface area contributed by atoms with Crippen molar-refractivity contribution in [3.8, 4) is 0 Å². The van der Waals surface area contributed by atoms with Gasteiger partial charge in [0.15, 0.2) is 6.29 Å². The van der Waals surface area contributed by atoms with Crippen LogP contribution in [0, 0.1) is 0 Å². The second kappa shape index (κ2) is 15.4. The van der Waals surface area contributed by atoms with E-state index in [0.717, 1.165) is 19.6 Å². The molecule has 0 radical (unpaired) electrons. The molecule has 1 saturated heterocycles. The number of likely N-dealkylation sites (N-methyl/N-ethyl adjacent to an activating group) is 2. The van der Waals surface area contributed by atoms with Gasteiger partial charge < -0.3 is 65.9 Å². The summed E-state index contributed by atoms with van der Waals surface area (Å²) >= 11 is 0. The number of rotatable bonds is 16. The Bertz CT molecular complexity index is 492. The summed E-state index contributed by atoms with van der Waals surface area (Å²) in [6.45, 7) is 4.28. The molecule has 32 heavy (non-hydrogen) atoms. The number of aliphatic hydroxyl groups excluding tert-OH is 8. The molecule has 0 aliphatic carbocycles. The summed E-state index contributed by atoms with van der Waals surface area (Å²) in [4.78, 5) is 2.19. The molecule has 0 aromatic heterocycles. The summed E-state index contributed by atoms with van der Waals surface area (Å²) in [6, 6.07) is 0. The molecule has 0 aromatic carbocycles. The Hall–Kier alpha value is -0.520. The van der Waals surface area contributed by atoms with Crippen LogP contribution in [0.1, 0.15) is 6.92 Å². The van der Waals surface area contributed by atoms with E-state index in [-0.39, 0.29) is 6.54 Å². The van der Waals surface area contributed by atoms with Crippen LogP contribution in [-0.4, -0.2) is 160 Å². The first-order valence-electron chi connectivity index (χ1n) is 10.9. The van der Waals surface area contributed by atoms with Crippen LogP contribution in [0.3, 0.4) is 0 Å². The lowest BCUT2D eigenvalue weighted by atomic mass is 9.98. The van der Waals surface area contributed by atoms with Crippen LogP contribution in [0.4, 0.5) is 0 Å². The molecule has 10 N–H and O–H groups in total. The van der Waals surface area contributed by atoms with Gasteiger partial charge in [-0.15, -0.1) is 0 Å². The van der Waals surface area contributed by atoms with E-state index in [9.17, 15) is 40.9 Å². The maximum absolute atomic E-state index is 10.5. The highest BCUT2D eigenvalue weighted by atomic mass is 16.7. The SMILES string of the molecule is CCN(CCNC)CCNC[C@H](O)[C@@H](O)[C@H](O[C@@H]1O[C@H](CO)C(O)[C@H](O)[C@H]1O)[C@H](O)CO. The number of nitrogens with zero attached hydrogens (tertiary/aromatic N) is 1. The molecule has 13 nitrogen and oxygen atoms in total. The number of aliphatic hydroxyl groups is 8. The lowest BCUT2D eigenvalue weighted by Crippen LogP contribution is -2.61. The monoisotopic (exact) mass is 471 g/mol. The maximum Gasteiger partial charge on any atom is 0.187 e. The van der Waals surface area contributed by atoms with Crippen LogP contribution >= 0.6 is 0 Å².